The predicted octanol–water partition coefficient (Wildman–Crippen LogP) is 5.39. The summed E-state index contributed by atoms with van der Waals surface area (Å²) in [5.41, 5.74) is 1.45. The van der Waals surface area contributed by atoms with Crippen LogP contribution in [0.4, 0.5) is 10.5 Å². The summed E-state index contributed by atoms with van der Waals surface area (Å²) in [5, 5.41) is 2.63. The van der Waals surface area contributed by atoms with Crippen LogP contribution in [0.5, 0.6) is 11.6 Å². The zero-order valence-corrected chi connectivity index (χ0v) is 14.8. The van der Waals surface area contributed by atoms with Crippen molar-refractivity contribution in [1.29, 1.82) is 0 Å². The molecule has 0 aliphatic carbocycles. The number of ether oxygens (including phenoxy) is 2. The molecule has 1 aromatic heterocycles. The maximum Gasteiger partial charge on any atom is 0.412 e. The average Bonchev–Trinajstić information content (AvgIpc) is 2.63. The maximum atomic E-state index is 11.8. The number of carbonyl (C=O) groups is 1. The Kier molecular flexibility index (Phi) is 5.64. The van der Waals surface area contributed by atoms with Crippen molar-refractivity contribution >= 4 is 27.7 Å². The van der Waals surface area contributed by atoms with E-state index in [0.717, 1.165) is 10.0 Å². The van der Waals surface area contributed by atoms with Gasteiger partial charge in [-0.2, -0.15) is 0 Å². The van der Waals surface area contributed by atoms with E-state index in [0.29, 0.717) is 17.3 Å². The van der Waals surface area contributed by atoms with Crippen molar-refractivity contribution < 1.29 is 14.3 Å². The van der Waals surface area contributed by atoms with Gasteiger partial charge in [-0.3, -0.25) is 5.32 Å². The number of aromatic nitrogens is 1. The van der Waals surface area contributed by atoms with Gasteiger partial charge in [-0.1, -0.05) is 52.3 Å². The second kappa shape index (κ2) is 8.30. The first-order valence-corrected chi connectivity index (χ1v) is 8.35. The van der Waals surface area contributed by atoms with Gasteiger partial charge in [0, 0.05) is 10.5 Å². The van der Waals surface area contributed by atoms with E-state index in [2.05, 4.69) is 26.2 Å². The molecule has 0 saturated heterocycles. The number of nitrogens with zero attached hydrogens (tertiary/aromatic N) is 1. The quantitative estimate of drug-likeness (QED) is 0.626. The fourth-order valence-corrected chi connectivity index (χ4v) is 2.42. The molecule has 0 fully saturated rings. The van der Waals surface area contributed by atoms with Gasteiger partial charge in [-0.05, 0) is 29.8 Å². The number of rotatable bonds is 5. The highest BCUT2D eigenvalue weighted by Crippen LogP contribution is 2.23. The second-order valence-corrected chi connectivity index (χ2v) is 6.05. The smallest absolute Gasteiger partial charge is 0.412 e. The summed E-state index contributed by atoms with van der Waals surface area (Å²) in [5.74, 6) is 1.10. The van der Waals surface area contributed by atoms with Crippen LogP contribution in [0, 0.1) is 0 Å². The van der Waals surface area contributed by atoms with E-state index in [4.69, 9.17) is 9.47 Å². The Morgan fingerprint density at radius 1 is 1.04 bits per heavy atom. The number of carbonyl (C=O) groups excluding carboxylic acids is 1. The van der Waals surface area contributed by atoms with Gasteiger partial charge in [0.2, 0.25) is 5.88 Å². The van der Waals surface area contributed by atoms with Crippen LogP contribution in [0.25, 0.3) is 0 Å². The minimum absolute atomic E-state index is 0.212. The Balaban J connectivity index is 1.52. The van der Waals surface area contributed by atoms with E-state index in [-0.39, 0.29) is 6.61 Å². The van der Waals surface area contributed by atoms with E-state index in [9.17, 15) is 4.79 Å². The third kappa shape index (κ3) is 5.32. The molecule has 0 aliphatic rings. The zero-order valence-electron chi connectivity index (χ0n) is 13.2. The molecule has 0 aliphatic heterocycles. The van der Waals surface area contributed by atoms with Crippen LogP contribution in [0.1, 0.15) is 5.56 Å². The molecule has 3 aromatic rings. The SMILES string of the molecule is O=C(Nc1ccc(Oc2cccc(Br)c2)nc1)OCc1ccccc1. The molecule has 0 saturated carbocycles. The molecule has 0 spiro atoms. The Labute approximate surface area is 153 Å². The average molecular weight is 399 g/mol. The van der Waals surface area contributed by atoms with Crippen molar-refractivity contribution in [3.05, 3.63) is 83.0 Å². The van der Waals surface area contributed by atoms with Crippen LogP contribution in [-0.4, -0.2) is 11.1 Å². The number of anilines is 1. The first kappa shape index (κ1) is 17.0. The van der Waals surface area contributed by atoms with Crippen LogP contribution in [0.15, 0.2) is 77.4 Å². The number of hydrogen-bond acceptors (Lipinski definition) is 4. The molecule has 25 heavy (non-hydrogen) atoms. The number of pyridine rings is 1. The van der Waals surface area contributed by atoms with Gasteiger partial charge in [0.25, 0.3) is 0 Å². The lowest BCUT2D eigenvalue weighted by Gasteiger charge is -2.08. The fourth-order valence-electron chi connectivity index (χ4n) is 2.04. The highest BCUT2D eigenvalue weighted by atomic mass is 79.9. The van der Waals surface area contributed by atoms with Crippen molar-refractivity contribution in [2.75, 3.05) is 5.32 Å². The molecule has 0 bridgehead atoms. The molecular formula is C19H15BrN2O3. The van der Waals surface area contributed by atoms with Gasteiger partial charge >= 0.3 is 6.09 Å². The van der Waals surface area contributed by atoms with Crippen molar-refractivity contribution in [2.45, 2.75) is 6.61 Å². The van der Waals surface area contributed by atoms with Gasteiger partial charge in [0.1, 0.15) is 12.4 Å². The number of nitrogens with one attached hydrogen (secondary N) is 1. The molecule has 6 heteroatoms. The molecule has 1 N–H and O–H groups in total. The summed E-state index contributed by atoms with van der Waals surface area (Å²) in [6.07, 6.45) is 0.975. The lowest BCUT2D eigenvalue weighted by Crippen LogP contribution is -2.13. The van der Waals surface area contributed by atoms with Gasteiger partial charge in [0.15, 0.2) is 0 Å². The molecule has 2 aromatic carbocycles. The molecule has 1 heterocycles. The zero-order chi connectivity index (χ0) is 17.5. The monoisotopic (exact) mass is 398 g/mol. The first-order valence-electron chi connectivity index (χ1n) is 7.56. The fraction of sp³-hybridized carbons (Fsp3) is 0.0526. The highest BCUT2D eigenvalue weighted by Gasteiger charge is 2.05. The third-order valence-electron chi connectivity index (χ3n) is 3.21. The van der Waals surface area contributed by atoms with Crippen molar-refractivity contribution in [1.82, 2.24) is 4.98 Å². The van der Waals surface area contributed by atoms with E-state index in [1.807, 2.05) is 54.6 Å². The summed E-state index contributed by atoms with van der Waals surface area (Å²) >= 11 is 3.38. The van der Waals surface area contributed by atoms with E-state index < -0.39 is 6.09 Å². The van der Waals surface area contributed by atoms with Crippen LogP contribution < -0.4 is 10.1 Å². The van der Waals surface area contributed by atoms with Crippen LogP contribution in [0.3, 0.4) is 0 Å². The summed E-state index contributed by atoms with van der Waals surface area (Å²) in [7, 11) is 0. The minimum atomic E-state index is -0.536. The van der Waals surface area contributed by atoms with Gasteiger partial charge < -0.3 is 9.47 Å². The highest BCUT2D eigenvalue weighted by molar-refractivity contribution is 9.10. The van der Waals surface area contributed by atoms with E-state index in [1.54, 1.807) is 12.1 Å². The minimum Gasteiger partial charge on any atom is -0.444 e. The van der Waals surface area contributed by atoms with Crippen molar-refractivity contribution in [3.8, 4) is 11.6 Å². The Hall–Kier alpha value is -2.86. The van der Waals surface area contributed by atoms with E-state index in [1.165, 1.54) is 6.20 Å². The van der Waals surface area contributed by atoms with Gasteiger partial charge in [-0.15, -0.1) is 0 Å². The topological polar surface area (TPSA) is 60.5 Å². The van der Waals surface area contributed by atoms with Crippen LogP contribution in [-0.2, 0) is 11.3 Å². The molecular weight excluding hydrogens is 384 g/mol. The molecule has 0 unspecified atom stereocenters. The maximum absolute atomic E-state index is 11.8. The number of hydrogen-bond donors (Lipinski definition) is 1. The summed E-state index contributed by atoms with van der Waals surface area (Å²) in [4.78, 5) is 16.0. The van der Waals surface area contributed by atoms with Gasteiger partial charge in [0.05, 0.1) is 11.9 Å². The number of amides is 1. The lowest BCUT2D eigenvalue weighted by atomic mass is 10.2. The predicted molar refractivity (Wildman–Crippen MR) is 98.7 cm³/mol. The molecule has 5 nitrogen and oxygen atoms in total. The van der Waals surface area contributed by atoms with E-state index >= 15 is 0 Å². The first-order chi connectivity index (χ1) is 12.2. The third-order valence-corrected chi connectivity index (χ3v) is 3.71. The Bertz CT molecular complexity index is 839. The van der Waals surface area contributed by atoms with Crippen molar-refractivity contribution in [2.24, 2.45) is 0 Å². The Morgan fingerprint density at radius 3 is 2.60 bits per heavy atom. The summed E-state index contributed by atoms with van der Waals surface area (Å²) < 4.78 is 11.7. The molecule has 126 valence electrons. The van der Waals surface area contributed by atoms with Crippen LogP contribution in [0.2, 0.25) is 0 Å². The van der Waals surface area contributed by atoms with Crippen LogP contribution >= 0.6 is 15.9 Å². The molecule has 0 atom stereocenters. The number of benzene rings is 2. The molecule has 1 amide bonds. The molecule has 3 rings (SSSR count). The summed E-state index contributed by atoms with van der Waals surface area (Å²) in [6, 6.07) is 20.3. The Morgan fingerprint density at radius 2 is 1.88 bits per heavy atom. The largest absolute Gasteiger partial charge is 0.444 e. The molecule has 0 radical (unpaired) electrons. The lowest BCUT2D eigenvalue weighted by molar-refractivity contribution is 0.155. The normalized spacial score (nSPS) is 10.1. The standard InChI is InChI=1S/C19H15BrN2O3/c20-15-7-4-8-17(11-15)25-18-10-9-16(12-21-18)22-19(23)24-13-14-5-2-1-3-6-14/h1-12H,13H2,(H,22,23). The van der Waals surface area contributed by atoms with Crippen molar-refractivity contribution in [3.63, 3.8) is 0 Å². The summed E-state index contributed by atoms with van der Waals surface area (Å²) in [6.45, 7) is 0.212. The van der Waals surface area contributed by atoms with Gasteiger partial charge in [-0.25, -0.2) is 9.78 Å². The number of halogens is 1. The second-order valence-electron chi connectivity index (χ2n) is 5.13.